The zero-order valence-corrected chi connectivity index (χ0v) is 15.4. The van der Waals surface area contributed by atoms with E-state index in [0.717, 1.165) is 0 Å². The van der Waals surface area contributed by atoms with Gasteiger partial charge in [0.2, 0.25) is 0 Å². The van der Waals surface area contributed by atoms with Crippen LogP contribution in [0.3, 0.4) is 0 Å². The summed E-state index contributed by atoms with van der Waals surface area (Å²) in [6, 6.07) is 12.1. The van der Waals surface area contributed by atoms with Gasteiger partial charge in [-0.1, -0.05) is 6.07 Å². The molecule has 0 unspecified atom stereocenters. The molecule has 0 bridgehead atoms. The molecule has 142 valence electrons. The van der Waals surface area contributed by atoms with Crippen molar-refractivity contribution in [3.63, 3.8) is 0 Å². The number of benzene rings is 2. The molecule has 0 aliphatic carbocycles. The number of hydrogen-bond acceptors (Lipinski definition) is 6. The highest BCUT2D eigenvalue weighted by molar-refractivity contribution is 5.94. The third-order valence-electron chi connectivity index (χ3n) is 3.53. The molecule has 2 aromatic rings. The lowest BCUT2D eigenvalue weighted by atomic mass is 10.1. The molecule has 0 aliphatic heterocycles. The van der Waals surface area contributed by atoms with Crippen molar-refractivity contribution in [3.8, 4) is 17.2 Å². The largest absolute Gasteiger partial charge is 0.497 e. The van der Waals surface area contributed by atoms with Gasteiger partial charge in [-0.05, 0) is 36.4 Å². The van der Waals surface area contributed by atoms with Crippen LogP contribution in [0.4, 0.5) is 5.69 Å². The van der Waals surface area contributed by atoms with E-state index in [9.17, 15) is 9.59 Å². The summed E-state index contributed by atoms with van der Waals surface area (Å²) in [7, 11) is 4.61. The normalized spacial score (nSPS) is 10.3. The highest BCUT2D eigenvalue weighted by atomic mass is 16.5. The number of methoxy groups -OCH3 is 3. The van der Waals surface area contributed by atoms with Crippen LogP contribution in [-0.4, -0.2) is 39.8 Å². The summed E-state index contributed by atoms with van der Waals surface area (Å²) in [5.74, 6) is 0.710. The minimum atomic E-state index is -0.652. The molecule has 2 rings (SSSR count). The summed E-state index contributed by atoms with van der Waals surface area (Å²) < 4.78 is 20.4. The van der Waals surface area contributed by atoms with E-state index in [0.29, 0.717) is 28.5 Å². The van der Waals surface area contributed by atoms with Crippen molar-refractivity contribution in [3.05, 3.63) is 54.1 Å². The Balaban J connectivity index is 1.90. The lowest BCUT2D eigenvalue weighted by Crippen LogP contribution is -2.20. The number of carbonyl (C=O) groups excluding carboxylic acids is 2. The predicted molar refractivity (Wildman–Crippen MR) is 101 cm³/mol. The Morgan fingerprint density at radius 2 is 1.70 bits per heavy atom. The zero-order valence-electron chi connectivity index (χ0n) is 15.4. The highest BCUT2D eigenvalue weighted by Crippen LogP contribution is 2.25. The minimum Gasteiger partial charge on any atom is -0.497 e. The van der Waals surface area contributed by atoms with Gasteiger partial charge in [-0.3, -0.25) is 4.79 Å². The second-order valence-electron chi connectivity index (χ2n) is 5.33. The molecular formula is C20H21NO6. The van der Waals surface area contributed by atoms with Crippen molar-refractivity contribution < 1.29 is 28.5 Å². The molecule has 0 saturated heterocycles. The van der Waals surface area contributed by atoms with E-state index in [1.165, 1.54) is 26.4 Å². The average Bonchev–Trinajstić information content (AvgIpc) is 2.70. The summed E-state index contributed by atoms with van der Waals surface area (Å²) in [6.45, 7) is -0.407. The van der Waals surface area contributed by atoms with Crippen LogP contribution < -0.4 is 19.5 Å². The Morgan fingerprint density at radius 3 is 2.41 bits per heavy atom. The van der Waals surface area contributed by atoms with Crippen LogP contribution in [-0.2, 0) is 14.3 Å². The van der Waals surface area contributed by atoms with Crippen LogP contribution in [0.2, 0.25) is 0 Å². The van der Waals surface area contributed by atoms with E-state index < -0.39 is 18.5 Å². The van der Waals surface area contributed by atoms with Crippen LogP contribution in [0.5, 0.6) is 17.2 Å². The van der Waals surface area contributed by atoms with Gasteiger partial charge in [-0.2, -0.15) is 0 Å². The van der Waals surface area contributed by atoms with Crippen LogP contribution in [0.1, 0.15) is 5.56 Å². The third-order valence-corrected chi connectivity index (χ3v) is 3.53. The van der Waals surface area contributed by atoms with Gasteiger partial charge in [0.25, 0.3) is 5.91 Å². The van der Waals surface area contributed by atoms with Gasteiger partial charge in [0.05, 0.1) is 21.3 Å². The van der Waals surface area contributed by atoms with Gasteiger partial charge < -0.3 is 24.3 Å². The monoisotopic (exact) mass is 371 g/mol. The van der Waals surface area contributed by atoms with Crippen LogP contribution in [0, 0.1) is 0 Å². The average molecular weight is 371 g/mol. The van der Waals surface area contributed by atoms with Crippen molar-refractivity contribution in [2.75, 3.05) is 33.3 Å². The van der Waals surface area contributed by atoms with Crippen molar-refractivity contribution >= 4 is 23.6 Å². The minimum absolute atomic E-state index is 0.407. The molecule has 0 spiro atoms. The van der Waals surface area contributed by atoms with E-state index in [4.69, 9.17) is 18.9 Å². The van der Waals surface area contributed by atoms with E-state index in [1.807, 2.05) is 0 Å². The summed E-state index contributed by atoms with van der Waals surface area (Å²) in [4.78, 5) is 23.7. The maximum absolute atomic E-state index is 11.9. The van der Waals surface area contributed by atoms with Gasteiger partial charge in [0, 0.05) is 23.4 Å². The maximum Gasteiger partial charge on any atom is 0.331 e. The second kappa shape index (κ2) is 9.86. The van der Waals surface area contributed by atoms with Gasteiger partial charge >= 0.3 is 5.97 Å². The van der Waals surface area contributed by atoms with E-state index >= 15 is 0 Å². The Labute approximate surface area is 157 Å². The molecule has 0 fully saturated rings. The Morgan fingerprint density at radius 1 is 0.963 bits per heavy atom. The van der Waals surface area contributed by atoms with Crippen molar-refractivity contribution in [1.82, 2.24) is 0 Å². The fourth-order valence-corrected chi connectivity index (χ4v) is 2.21. The van der Waals surface area contributed by atoms with Crippen LogP contribution in [0.25, 0.3) is 6.08 Å². The summed E-state index contributed by atoms with van der Waals surface area (Å²) in [6.07, 6.45) is 2.75. The van der Waals surface area contributed by atoms with Crippen LogP contribution in [0.15, 0.2) is 48.5 Å². The topological polar surface area (TPSA) is 83.1 Å². The fourth-order valence-electron chi connectivity index (χ4n) is 2.21. The third kappa shape index (κ3) is 6.07. The lowest BCUT2D eigenvalue weighted by molar-refractivity contribution is -0.142. The standard InChI is InChI=1S/C20H21NO6/c1-24-16-6-4-5-15(12-16)21-19(22)13-27-20(23)10-7-14-11-17(25-2)8-9-18(14)26-3/h4-12H,13H2,1-3H3,(H,21,22)/b10-7+. The first-order valence-corrected chi connectivity index (χ1v) is 8.06. The van der Waals surface area contributed by atoms with E-state index in [2.05, 4.69) is 5.32 Å². The molecular weight excluding hydrogens is 350 g/mol. The molecule has 1 N–H and O–H groups in total. The summed E-state index contributed by atoms with van der Waals surface area (Å²) in [5, 5.41) is 2.62. The Kier molecular flexibility index (Phi) is 7.25. The van der Waals surface area contributed by atoms with Crippen LogP contribution >= 0.6 is 0 Å². The Bertz CT molecular complexity index is 831. The molecule has 2 aromatic carbocycles. The number of anilines is 1. The molecule has 27 heavy (non-hydrogen) atoms. The number of amides is 1. The molecule has 0 atom stereocenters. The van der Waals surface area contributed by atoms with Gasteiger partial charge in [-0.25, -0.2) is 4.79 Å². The first kappa shape index (κ1) is 19.8. The molecule has 7 nitrogen and oxygen atoms in total. The molecule has 0 radical (unpaired) electrons. The zero-order chi connectivity index (χ0) is 19.6. The fraction of sp³-hybridized carbons (Fsp3) is 0.200. The van der Waals surface area contributed by atoms with Crippen molar-refractivity contribution in [2.45, 2.75) is 0 Å². The number of rotatable bonds is 8. The first-order valence-electron chi connectivity index (χ1n) is 8.06. The summed E-state index contributed by atoms with van der Waals surface area (Å²) in [5.41, 5.74) is 1.20. The van der Waals surface area contributed by atoms with Crippen molar-refractivity contribution in [2.24, 2.45) is 0 Å². The smallest absolute Gasteiger partial charge is 0.331 e. The van der Waals surface area contributed by atoms with Gasteiger partial charge in [-0.15, -0.1) is 0 Å². The number of ether oxygens (including phenoxy) is 4. The SMILES string of the molecule is COc1cccc(NC(=O)COC(=O)/C=C/c2cc(OC)ccc2OC)c1. The van der Waals surface area contributed by atoms with Gasteiger partial charge in [0.1, 0.15) is 17.2 Å². The molecule has 0 aromatic heterocycles. The maximum atomic E-state index is 11.9. The molecule has 0 heterocycles. The lowest BCUT2D eigenvalue weighted by Gasteiger charge is -2.08. The molecule has 7 heteroatoms. The van der Waals surface area contributed by atoms with E-state index in [1.54, 1.807) is 49.6 Å². The number of esters is 1. The number of hydrogen-bond donors (Lipinski definition) is 1. The quantitative estimate of drug-likeness (QED) is 0.567. The second-order valence-corrected chi connectivity index (χ2v) is 5.33. The predicted octanol–water partition coefficient (Wildman–Crippen LogP) is 2.91. The number of nitrogens with one attached hydrogen (secondary N) is 1. The van der Waals surface area contributed by atoms with Crippen molar-refractivity contribution in [1.29, 1.82) is 0 Å². The molecule has 0 aliphatic rings. The highest BCUT2D eigenvalue weighted by Gasteiger charge is 2.07. The first-order chi connectivity index (χ1) is 13.0. The number of carbonyl (C=O) groups is 2. The van der Waals surface area contributed by atoms with Gasteiger partial charge in [0.15, 0.2) is 6.61 Å². The Hall–Kier alpha value is -3.48. The summed E-state index contributed by atoms with van der Waals surface area (Å²) >= 11 is 0. The molecule has 0 saturated carbocycles. The van der Waals surface area contributed by atoms with E-state index in [-0.39, 0.29) is 0 Å². The molecule has 1 amide bonds.